The first-order valence-electron chi connectivity index (χ1n) is 9.18. The van der Waals surface area contributed by atoms with Gasteiger partial charge in [0.1, 0.15) is 0 Å². The number of hydrogen-bond donors (Lipinski definition) is 1. The van der Waals surface area contributed by atoms with Crippen molar-refractivity contribution >= 4 is 0 Å². The predicted molar refractivity (Wildman–Crippen MR) is 86.0 cm³/mol. The third-order valence-electron chi connectivity index (χ3n) is 6.37. The van der Waals surface area contributed by atoms with Gasteiger partial charge in [-0.15, -0.1) is 0 Å². The molecule has 116 valence electrons. The van der Waals surface area contributed by atoms with E-state index in [1.807, 2.05) is 0 Å². The number of rotatable bonds is 4. The molecule has 0 amide bonds. The molecule has 1 saturated heterocycles. The Morgan fingerprint density at radius 3 is 2.35 bits per heavy atom. The van der Waals surface area contributed by atoms with Crippen molar-refractivity contribution in [1.82, 2.24) is 10.2 Å². The van der Waals surface area contributed by atoms with Crippen LogP contribution >= 0.6 is 0 Å². The van der Waals surface area contributed by atoms with Crippen molar-refractivity contribution < 1.29 is 0 Å². The van der Waals surface area contributed by atoms with Crippen LogP contribution in [0.25, 0.3) is 0 Å². The number of piperazine rings is 1. The SMILES string of the molecule is CCCC(C)CN1CC2(CCCC2)NCC12CCCC2. The van der Waals surface area contributed by atoms with Gasteiger partial charge in [-0.05, 0) is 38.0 Å². The van der Waals surface area contributed by atoms with Gasteiger partial charge >= 0.3 is 0 Å². The molecule has 0 aromatic heterocycles. The van der Waals surface area contributed by atoms with Crippen LogP contribution in [-0.4, -0.2) is 35.6 Å². The molecule has 3 rings (SSSR count). The van der Waals surface area contributed by atoms with E-state index in [-0.39, 0.29) is 0 Å². The maximum absolute atomic E-state index is 4.02. The lowest BCUT2D eigenvalue weighted by Crippen LogP contribution is -2.69. The van der Waals surface area contributed by atoms with Crippen molar-refractivity contribution in [3.63, 3.8) is 0 Å². The molecule has 0 radical (unpaired) electrons. The summed E-state index contributed by atoms with van der Waals surface area (Å²) in [4.78, 5) is 2.95. The van der Waals surface area contributed by atoms with Gasteiger partial charge in [-0.3, -0.25) is 4.90 Å². The van der Waals surface area contributed by atoms with E-state index >= 15 is 0 Å². The lowest BCUT2D eigenvalue weighted by Gasteiger charge is -2.53. The fourth-order valence-electron chi connectivity index (χ4n) is 5.18. The van der Waals surface area contributed by atoms with Gasteiger partial charge < -0.3 is 5.32 Å². The molecule has 2 saturated carbocycles. The molecule has 1 unspecified atom stereocenters. The minimum absolute atomic E-state index is 0.486. The van der Waals surface area contributed by atoms with Crippen molar-refractivity contribution in [2.24, 2.45) is 5.92 Å². The zero-order valence-corrected chi connectivity index (χ0v) is 13.7. The molecule has 1 heterocycles. The van der Waals surface area contributed by atoms with E-state index in [1.165, 1.54) is 83.8 Å². The van der Waals surface area contributed by atoms with Crippen LogP contribution in [0, 0.1) is 5.92 Å². The summed E-state index contributed by atoms with van der Waals surface area (Å²) in [7, 11) is 0. The molecule has 0 aromatic rings. The smallest absolute Gasteiger partial charge is 0.0335 e. The maximum atomic E-state index is 4.02. The lowest BCUT2D eigenvalue weighted by molar-refractivity contribution is -0.00101. The van der Waals surface area contributed by atoms with Crippen LogP contribution in [-0.2, 0) is 0 Å². The molecule has 1 atom stereocenters. The van der Waals surface area contributed by atoms with Gasteiger partial charge in [0.05, 0.1) is 0 Å². The highest BCUT2D eigenvalue weighted by atomic mass is 15.3. The third kappa shape index (κ3) is 2.78. The molecule has 0 bridgehead atoms. The largest absolute Gasteiger partial charge is 0.308 e. The van der Waals surface area contributed by atoms with Crippen LogP contribution in [0.5, 0.6) is 0 Å². The number of nitrogens with one attached hydrogen (secondary N) is 1. The quantitative estimate of drug-likeness (QED) is 0.837. The first kappa shape index (κ1) is 14.8. The normalized spacial score (nSPS) is 30.3. The molecule has 2 spiro atoms. The molecule has 0 aromatic carbocycles. The van der Waals surface area contributed by atoms with Crippen LogP contribution in [0.2, 0.25) is 0 Å². The molecule has 2 nitrogen and oxygen atoms in total. The van der Waals surface area contributed by atoms with Gasteiger partial charge in [0, 0.05) is 30.7 Å². The second-order valence-corrected chi connectivity index (χ2v) is 8.05. The van der Waals surface area contributed by atoms with E-state index in [0.717, 1.165) is 5.92 Å². The zero-order chi connectivity index (χ0) is 14.1. The summed E-state index contributed by atoms with van der Waals surface area (Å²) in [5.74, 6) is 0.869. The first-order valence-corrected chi connectivity index (χ1v) is 9.18. The molecule has 2 aliphatic carbocycles. The molecule has 3 fully saturated rings. The maximum Gasteiger partial charge on any atom is 0.0335 e. The molecule has 1 aliphatic heterocycles. The van der Waals surface area contributed by atoms with Crippen molar-refractivity contribution in [3.8, 4) is 0 Å². The second kappa shape index (κ2) is 5.96. The monoisotopic (exact) mass is 278 g/mol. The van der Waals surface area contributed by atoms with Crippen LogP contribution in [0.1, 0.15) is 78.1 Å². The van der Waals surface area contributed by atoms with Crippen LogP contribution in [0.15, 0.2) is 0 Å². The molecule has 1 N–H and O–H groups in total. The summed E-state index contributed by atoms with van der Waals surface area (Å²) in [6, 6.07) is 0. The summed E-state index contributed by atoms with van der Waals surface area (Å²) < 4.78 is 0. The number of hydrogen-bond acceptors (Lipinski definition) is 2. The van der Waals surface area contributed by atoms with Gasteiger partial charge in [-0.2, -0.15) is 0 Å². The van der Waals surface area contributed by atoms with E-state index in [0.29, 0.717) is 11.1 Å². The Hall–Kier alpha value is -0.0800. The summed E-state index contributed by atoms with van der Waals surface area (Å²) in [6.45, 7) is 8.75. The number of nitrogens with zero attached hydrogens (tertiary/aromatic N) is 1. The van der Waals surface area contributed by atoms with Crippen molar-refractivity contribution in [1.29, 1.82) is 0 Å². The Morgan fingerprint density at radius 2 is 1.70 bits per heavy atom. The van der Waals surface area contributed by atoms with Crippen LogP contribution < -0.4 is 5.32 Å². The second-order valence-electron chi connectivity index (χ2n) is 8.05. The molecule has 3 aliphatic rings. The Labute approximate surface area is 125 Å². The van der Waals surface area contributed by atoms with Gasteiger partial charge in [-0.25, -0.2) is 0 Å². The topological polar surface area (TPSA) is 15.3 Å². The highest BCUT2D eigenvalue weighted by molar-refractivity contribution is 5.08. The highest BCUT2D eigenvalue weighted by Gasteiger charge is 2.49. The standard InChI is InChI=1S/C18H34N2/c1-3-8-16(2)13-20-15-17(9-4-5-10-17)19-14-18(20)11-6-7-12-18/h16,19H,3-15H2,1-2H3. The van der Waals surface area contributed by atoms with E-state index < -0.39 is 0 Å². The zero-order valence-electron chi connectivity index (χ0n) is 13.7. The summed E-state index contributed by atoms with van der Waals surface area (Å²) >= 11 is 0. The van der Waals surface area contributed by atoms with Crippen LogP contribution in [0.3, 0.4) is 0 Å². The average Bonchev–Trinajstić information content (AvgIpc) is 3.05. The molecular weight excluding hydrogens is 244 g/mol. The van der Waals surface area contributed by atoms with Gasteiger partial charge in [-0.1, -0.05) is 46.0 Å². The van der Waals surface area contributed by atoms with E-state index in [4.69, 9.17) is 0 Å². The molecular formula is C18H34N2. The minimum Gasteiger partial charge on any atom is -0.308 e. The molecule has 2 heteroatoms. The van der Waals surface area contributed by atoms with E-state index in [9.17, 15) is 0 Å². The summed E-state index contributed by atoms with van der Waals surface area (Å²) in [5.41, 5.74) is 1.01. The Morgan fingerprint density at radius 1 is 1.05 bits per heavy atom. The van der Waals surface area contributed by atoms with Crippen molar-refractivity contribution in [3.05, 3.63) is 0 Å². The fourth-order valence-corrected chi connectivity index (χ4v) is 5.18. The van der Waals surface area contributed by atoms with Gasteiger partial charge in [0.15, 0.2) is 0 Å². The minimum atomic E-state index is 0.486. The Balaban J connectivity index is 1.72. The lowest BCUT2D eigenvalue weighted by atomic mass is 9.83. The Kier molecular flexibility index (Phi) is 4.42. The van der Waals surface area contributed by atoms with E-state index in [2.05, 4.69) is 24.1 Å². The van der Waals surface area contributed by atoms with Gasteiger partial charge in [0.2, 0.25) is 0 Å². The van der Waals surface area contributed by atoms with Gasteiger partial charge in [0.25, 0.3) is 0 Å². The molecule has 20 heavy (non-hydrogen) atoms. The predicted octanol–water partition coefficient (Wildman–Crippen LogP) is 3.95. The van der Waals surface area contributed by atoms with E-state index in [1.54, 1.807) is 0 Å². The Bertz CT molecular complexity index is 313. The fraction of sp³-hybridized carbons (Fsp3) is 1.00. The van der Waals surface area contributed by atoms with Crippen LogP contribution in [0.4, 0.5) is 0 Å². The summed E-state index contributed by atoms with van der Waals surface area (Å²) in [5, 5.41) is 4.02. The highest BCUT2D eigenvalue weighted by Crippen LogP contribution is 2.42. The third-order valence-corrected chi connectivity index (χ3v) is 6.37. The average molecular weight is 278 g/mol. The van der Waals surface area contributed by atoms with Crippen molar-refractivity contribution in [2.75, 3.05) is 19.6 Å². The summed E-state index contributed by atoms with van der Waals surface area (Å²) in [6.07, 6.45) is 14.2. The van der Waals surface area contributed by atoms with Crippen molar-refractivity contribution in [2.45, 2.75) is 89.1 Å². The first-order chi connectivity index (χ1) is 9.68.